The van der Waals surface area contributed by atoms with E-state index >= 15 is 0 Å². The highest BCUT2D eigenvalue weighted by Gasteiger charge is 2.09. The van der Waals surface area contributed by atoms with E-state index in [2.05, 4.69) is 26.2 Å². The van der Waals surface area contributed by atoms with Crippen LogP contribution in [0.2, 0.25) is 0 Å². The van der Waals surface area contributed by atoms with Gasteiger partial charge in [-0.3, -0.25) is 0 Å². The van der Waals surface area contributed by atoms with Gasteiger partial charge in [-0.25, -0.2) is 4.98 Å². The molecule has 0 aliphatic carbocycles. The highest BCUT2D eigenvalue weighted by Crippen LogP contribution is 2.24. The smallest absolute Gasteiger partial charge is 0.129 e. The lowest BCUT2D eigenvalue weighted by Gasteiger charge is -2.13. The highest BCUT2D eigenvalue weighted by atomic mass is 79.9. The molecule has 2 heterocycles. The van der Waals surface area contributed by atoms with Gasteiger partial charge in [0.05, 0.1) is 18.0 Å². The van der Waals surface area contributed by atoms with Crippen LogP contribution in [0.5, 0.6) is 0 Å². The van der Waals surface area contributed by atoms with Gasteiger partial charge >= 0.3 is 0 Å². The molecule has 3 nitrogen and oxygen atoms in total. The molecule has 1 atom stereocenters. The van der Waals surface area contributed by atoms with Crippen LogP contribution >= 0.6 is 15.9 Å². The molecule has 1 unspecified atom stereocenters. The molecule has 0 saturated heterocycles. The Labute approximate surface area is 96.6 Å². The van der Waals surface area contributed by atoms with Gasteiger partial charge in [-0.05, 0) is 47.1 Å². The molecule has 2 rings (SSSR count). The molecule has 0 fully saturated rings. The fourth-order valence-corrected chi connectivity index (χ4v) is 1.70. The van der Waals surface area contributed by atoms with Crippen LogP contribution in [0, 0.1) is 0 Å². The Bertz CT molecular complexity index is 428. The van der Waals surface area contributed by atoms with Gasteiger partial charge in [0.25, 0.3) is 0 Å². The van der Waals surface area contributed by atoms with Crippen molar-refractivity contribution in [1.82, 2.24) is 4.98 Å². The molecule has 0 radical (unpaired) electrons. The molecule has 4 heteroatoms. The van der Waals surface area contributed by atoms with Crippen molar-refractivity contribution in [1.29, 1.82) is 0 Å². The highest BCUT2D eigenvalue weighted by molar-refractivity contribution is 9.10. The van der Waals surface area contributed by atoms with E-state index in [-0.39, 0.29) is 6.04 Å². The summed E-state index contributed by atoms with van der Waals surface area (Å²) < 4.78 is 6.12. The number of halogens is 1. The van der Waals surface area contributed by atoms with E-state index in [1.807, 2.05) is 31.2 Å². The Hall–Kier alpha value is -1.29. The standard InChI is InChI=1S/C11H11BrN2O/c1-8(10-5-3-7-15-10)14-9-4-2-6-13-11(9)12/h2-8,14H,1H3. The Kier molecular flexibility index (Phi) is 3.06. The SMILES string of the molecule is CC(Nc1cccnc1Br)c1ccco1. The van der Waals surface area contributed by atoms with Crippen LogP contribution in [-0.2, 0) is 0 Å². The van der Waals surface area contributed by atoms with Gasteiger partial charge in [-0.15, -0.1) is 0 Å². The Morgan fingerprint density at radius 1 is 1.40 bits per heavy atom. The lowest BCUT2D eigenvalue weighted by atomic mass is 10.2. The van der Waals surface area contributed by atoms with Crippen molar-refractivity contribution in [2.45, 2.75) is 13.0 Å². The summed E-state index contributed by atoms with van der Waals surface area (Å²) in [5.74, 6) is 0.908. The monoisotopic (exact) mass is 266 g/mol. The minimum Gasteiger partial charge on any atom is -0.467 e. The van der Waals surface area contributed by atoms with Crippen LogP contribution in [0.1, 0.15) is 18.7 Å². The molecular weight excluding hydrogens is 256 g/mol. The van der Waals surface area contributed by atoms with Crippen molar-refractivity contribution >= 4 is 21.6 Å². The molecule has 0 amide bonds. The normalized spacial score (nSPS) is 12.4. The second-order valence-electron chi connectivity index (χ2n) is 3.22. The summed E-state index contributed by atoms with van der Waals surface area (Å²) in [6.07, 6.45) is 3.42. The number of hydrogen-bond donors (Lipinski definition) is 1. The molecule has 0 bridgehead atoms. The fourth-order valence-electron chi connectivity index (χ4n) is 1.34. The Balaban J connectivity index is 2.13. The van der Waals surface area contributed by atoms with Crippen LogP contribution in [0.3, 0.4) is 0 Å². The second kappa shape index (κ2) is 4.49. The minimum atomic E-state index is 0.125. The maximum absolute atomic E-state index is 5.31. The second-order valence-corrected chi connectivity index (χ2v) is 3.97. The zero-order chi connectivity index (χ0) is 10.7. The molecule has 2 aromatic rings. The first-order chi connectivity index (χ1) is 7.27. The van der Waals surface area contributed by atoms with Gasteiger partial charge in [0.15, 0.2) is 0 Å². The number of furan rings is 1. The summed E-state index contributed by atoms with van der Waals surface area (Å²) in [4.78, 5) is 4.14. The maximum Gasteiger partial charge on any atom is 0.129 e. The van der Waals surface area contributed by atoms with Gasteiger partial charge in [0.1, 0.15) is 10.4 Å². The molecule has 0 aliphatic rings. The third-order valence-electron chi connectivity index (χ3n) is 2.10. The summed E-state index contributed by atoms with van der Waals surface area (Å²) in [6, 6.07) is 7.81. The minimum absolute atomic E-state index is 0.125. The van der Waals surface area contributed by atoms with E-state index in [0.29, 0.717) is 0 Å². The molecule has 0 saturated carbocycles. The third kappa shape index (κ3) is 2.39. The molecule has 0 aromatic carbocycles. The first-order valence-corrected chi connectivity index (χ1v) is 5.47. The van der Waals surface area contributed by atoms with Crippen LogP contribution in [0.4, 0.5) is 5.69 Å². The molecule has 15 heavy (non-hydrogen) atoms. The number of nitrogens with one attached hydrogen (secondary N) is 1. The number of hydrogen-bond acceptors (Lipinski definition) is 3. The quantitative estimate of drug-likeness (QED) is 0.863. The number of aromatic nitrogens is 1. The summed E-state index contributed by atoms with van der Waals surface area (Å²) in [5, 5.41) is 3.31. The van der Waals surface area contributed by atoms with Crippen molar-refractivity contribution in [3.8, 4) is 0 Å². The van der Waals surface area contributed by atoms with Crippen molar-refractivity contribution in [3.63, 3.8) is 0 Å². The average molecular weight is 267 g/mol. The van der Waals surface area contributed by atoms with Gasteiger partial charge < -0.3 is 9.73 Å². The van der Waals surface area contributed by atoms with Crippen molar-refractivity contribution in [2.24, 2.45) is 0 Å². The molecule has 0 spiro atoms. The largest absolute Gasteiger partial charge is 0.467 e. The molecule has 0 aliphatic heterocycles. The first kappa shape index (κ1) is 10.2. The van der Waals surface area contributed by atoms with Crippen LogP contribution in [-0.4, -0.2) is 4.98 Å². The molecule has 2 aromatic heterocycles. The fraction of sp³-hybridized carbons (Fsp3) is 0.182. The lowest BCUT2D eigenvalue weighted by Crippen LogP contribution is -2.06. The third-order valence-corrected chi connectivity index (χ3v) is 2.73. The Morgan fingerprint density at radius 2 is 2.27 bits per heavy atom. The average Bonchev–Trinajstić information content (AvgIpc) is 2.74. The predicted molar refractivity (Wildman–Crippen MR) is 62.7 cm³/mol. The molecule has 78 valence electrons. The topological polar surface area (TPSA) is 38.1 Å². The molecule has 1 N–H and O–H groups in total. The van der Waals surface area contributed by atoms with E-state index < -0.39 is 0 Å². The zero-order valence-corrected chi connectivity index (χ0v) is 9.86. The maximum atomic E-state index is 5.31. The van der Waals surface area contributed by atoms with E-state index in [0.717, 1.165) is 16.1 Å². The summed E-state index contributed by atoms with van der Waals surface area (Å²) in [5.41, 5.74) is 0.960. The lowest BCUT2D eigenvalue weighted by molar-refractivity contribution is 0.490. The Morgan fingerprint density at radius 3 is 2.93 bits per heavy atom. The van der Waals surface area contributed by atoms with E-state index in [9.17, 15) is 0 Å². The number of nitrogens with zero attached hydrogens (tertiary/aromatic N) is 1. The van der Waals surface area contributed by atoms with Crippen LogP contribution < -0.4 is 5.32 Å². The van der Waals surface area contributed by atoms with Crippen molar-refractivity contribution in [3.05, 3.63) is 47.1 Å². The number of pyridine rings is 1. The van der Waals surface area contributed by atoms with Crippen LogP contribution in [0.25, 0.3) is 0 Å². The summed E-state index contributed by atoms with van der Waals surface area (Å²) in [7, 11) is 0. The molecular formula is C11H11BrN2O. The van der Waals surface area contributed by atoms with E-state index in [4.69, 9.17) is 4.42 Å². The van der Waals surface area contributed by atoms with E-state index in [1.165, 1.54) is 0 Å². The first-order valence-electron chi connectivity index (χ1n) is 4.68. The van der Waals surface area contributed by atoms with Crippen LogP contribution in [0.15, 0.2) is 45.7 Å². The summed E-state index contributed by atoms with van der Waals surface area (Å²) in [6.45, 7) is 2.04. The predicted octanol–water partition coefficient (Wildman–Crippen LogP) is 3.61. The van der Waals surface area contributed by atoms with E-state index in [1.54, 1.807) is 12.5 Å². The van der Waals surface area contributed by atoms with Gasteiger partial charge in [-0.2, -0.15) is 0 Å². The zero-order valence-electron chi connectivity index (χ0n) is 8.27. The van der Waals surface area contributed by atoms with Gasteiger partial charge in [0.2, 0.25) is 0 Å². The van der Waals surface area contributed by atoms with Crippen molar-refractivity contribution < 1.29 is 4.42 Å². The summed E-state index contributed by atoms with van der Waals surface area (Å²) >= 11 is 3.38. The number of anilines is 1. The van der Waals surface area contributed by atoms with Gasteiger partial charge in [-0.1, -0.05) is 0 Å². The number of rotatable bonds is 3. The van der Waals surface area contributed by atoms with Gasteiger partial charge in [0, 0.05) is 6.20 Å². The van der Waals surface area contributed by atoms with Crippen molar-refractivity contribution in [2.75, 3.05) is 5.32 Å².